The van der Waals surface area contributed by atoms with Crippen molar-refractivity contribution in [1.82, 2.24) is 9.96 Å². The van der Waals surface area contributed by atoms with E-state index >= 15 is 0 Å². The summed E-state index contributed by atoms with van der Waals surface area (Å²) in [5.41, 5.74) is 2.63. The number of carbonyl (C=O) groups excluding carboxylic acids is 1. The molecule has 0 spiro atoms. The Hall–Kier alpha value is -2.50. The summed E-state index contributed by atoms with van der Waals surface area (Å²) < 4.78 is 13.2. The maximum absolute atomic E-state index is 13.2. The second-order valence-electron chi connectivity index (χ2n) is 6.46. The average molecular weight is 338 g/mol. The van der Waals surface area contributed by atoms with Crippen LogP contribution in [-0.4, -0.2) is 35.2 Å². The molecule has 2 aliphatic heterocycles. The number of benzene rings is 2. The smallest absolute Gasteiger partial charge is 0.270 e. The molecular weight excluding hydrogens is 319 g/mol. The summed E-state index contributed by atoms with van der Waals surface area (Å²) in [7, 11) is 0. The summed E-state index contributed by atoms with van der Waals surface area (Å²) >= 11 is 0. The Bertz CT molecular complexity index is 819. The molecule has 2 heterocycles. The van der Waals surface area contributed by atoms with Crippen LogP contribution in [-0.2, 0) is 4.84 Å². The minimum atomic E-state index is -0.276. The van der Waals surface area contributed by atoms with Gasteiger partial charge in [0.15, 0.2) is 0 Å². The predicted molar refractivity (Wildman–Crippen MR) is 92.1 cm³/mol. The summed E-state index contributed by atoms with van der Waals surface area (Å²) in [6.45, 7) is 3.05. The number of aryl methyl sites for hydroxylation is 1. The molecule has 0 aliphatic carbocycles. The van der Waals surface area contributed by atoms with Crippen LogP contribution in [0.1, 0.15) is 27.5 Å². The molecule has 3 unspecified atom stereocenters. The van der Waals surface area contributed by atoms with Crippen LogP contribution in [0.4, 0.5) is 4.39 Å². The number of hydrogen-bond acceptors (Lipinski definition) is 3. The number of carbonyl (C=O) groups is 1. The zero-order valence-corrected chi connectivity index (χ0v) is 13.9. The van der Waals surface area contributed by atoms with Crippen LogP contribution in [0.5, 0.6) is 0 Å². The minimum Gasteiger partial charge on any atom is -0.270 e. The molecule has 4 nitrogen and oxygen atoms in total. The van der Waals surface area contributed by atoms with Crippen molar-refractivity contribution in [2.24, 2.45) is 0 Å². The van der Waals surface area contributed by atoms with Crippen molar-refractivity contribution in [3.63, 3.8) is 0 Å². The van der Waals surface area contributed by atoms with Gasteiger partial charge in [-0.25, -0.2) is 9.45 Å². The van der Waals surface area contributed by atoms with Gasteiger partial charge >= 0.3 is 0 Å². The summed E-state index contributed by atoms with van der Waals surface area (Å²) in [6.07, 6.45) is 3.74. The Morgan fingerprint density at radius 2 is 2.00 bits per heavy atom. The van der Waals surface area contributed by atoms with Gasteiger partial charge in [-0.3, -0.25) is 14.5 Å². The Balaban J connectivity index is 1.58. The van der Waals surface area contributed by atoms with Gasteiger partial charge in [0, 0.05) is 12.1 Å². The van der Waals surface area contributed by atoms with Crippen molar-refractivity contribution >= 4 is 5.91 Å². The SMILES string of the molecule is Cc1cccc(C(=O)N2CN3CC=CC(O2)C3c2ccc(F)cc2)c1. The normalized spacial score (nSPS) is 25.0. The van der Waals surface area contributed by atoms with Gasteiger partial charge in [0.05, 0.1) is 6.04 Å². The molecule has 0 aromatic heterocycles. The van der Waals surface area contributed by atoms with Crippen molar-refractivity contribution in [1.29, 1.82) is 0 Å². The van der Waals surface area contributed by atoms with Crippen LogP contribution < -0.4 is 0 Å². The second-order valence-corrected chi connectivity index (χ2v) is 6.46. The summed E-state index contributed by atoms with van der Waals surface area (Å²) in [5.74, 6) is -0.404. The zero-order chi connectivity index (χ0) is 17.4. The average Bonchev–Trinajstić information content (AvgIpc) is 2.61. The molecule has 1 amide bonds. The van der Waals surface area contributed by atoms with Crippen molar-refractivity contribution in [2.45, 2.75) is 19.1 Å². The number of hydrogen-bond donors (Lipinski definition) is 0. The predicted octanol–water partition coefficient (Wildman–Crippen LogP) is 3.46. The molecule has 2 aromatic carbocycles. The highest BCUT2D eigenvalue weighted by molar-refractivity contribution is 5.93. The van der Waals surface area contributed by atoms with E-state index in [9.17, 15) is 9.18 Å². The van der Waals surface area contributed by atoms with E-state index in [-0.39, 0.29) is 23.9 Å². The summed E-state index contributed by atoms with van der Waals surface area (Å²) in [6, 6.07) is 13.9. The number of fused-ring (bicyclic) bond motifs is 2. The fraction of sp³-hybridized carbons (Fsp3) is 0.250. The van der Waals surface area contributed by atoms with Gasteiger partial charge in [-0.15, -0.1) is 0 Å². The van der Waals surface area contributed by atoms with Gasteiger partial charge in [-0.1, -0.05) is 42.0 Å². The third-order valence-electron chi connectivity index (χ3n) is 4.63. The number of rotatable bonds is 2. The van der Waals surface area contributed by atoms with Crippen LogP contribution in [0.2, 0.25) is 0 Å². The first-order chi connectivity index (χ1) is 12.1. The molecule has 0 saturated carbocycles. The van der Waals surface area contributed by atoms with Gasteiger partial charge < -0.3 is 0 Å². The van der Waals surface area contributed by atoms with Gasteiger partial charge in [0.1, 0.15) is 18.6 Å². The molecule has 3 atom stereocenters. The lowest BCUT2D eigenvalue weighted by molar-refractivity contribution is -0.232. The fourth-order valence-electron chi connectivity index (χ4n) is 3.44. The monoisotopic (exact) mass is 338 g/mol. The first kappa shape index (κ1) is 16.0. The molecule has 1 fully saturated rings. The topological polar surface area (TPSA) is 32.8 Å². The molecule has 25 heavy (non-hydrogen) atoms. The molecule has 1 saturated heterocycles. The third kappa shape index (κ3) is 3.08. The fourth-order valence-corrected chi connectivity index (χ4v) is 3.44. The largest absolute Gasteiger partial charge is 0.278 e. The lowest BCUT2D eigenvalue weighted by atomic mass is 9.96. The van der Waals surface area contributed by atoms with Crippen molar-refractivity contribution in [3.05, 3.63) is 83.2 Å². The van der Waals surface area contributed by atoms with Crippen molar-refractivity contribution in [3.8, 4) is 0 Å². The highest BCUT2D eigenvalue weighted by atomic mass is 19.1. The van der Waals surface area contributed by atoms with E-state index < -0.39 is 0 Å². The van der Waals surface area contributed by atoms with E-state index in [0.717, 1.165) is 17.7 Å². The van der Waals surface area contributed by atoms with Crippen LogP contribution in [0.25, 0.3) is 0 Å². The van der Waals surface area contributed by atoms with E-state index in [1.54, 1.807) is 18.2 Å². The van der Waals surface area contributed by atoms with Crippen molar-refractivity contribution < 1.29 is 14.0 Å². The van der Waals surface area contributed by atoms with E-state index in [4.69, 9.17) is 4.84 Å². The standard InChI is InChI=1S/C20H19FN2O2/c1-14-4-2-5-16(12-14)20(24)23-13-22-11-3-6-18(25-23)19(22)15-7-9-17(21)10-8-15/h2-10,12,18-19H,11,13H2,1H3. The van der Waals surface area contributed by atoms with Crippen LogP contribution in [0.3, 0.4) is 0 Å². The van der Waals surface area contributed by atoms with E-state index in [2.05, 4.69) is 4.90 Å². The molecule has 2 bridgehead atoms. The quantitative estimate of drug-likeness (QED) is 0.786. The van der Waals surface area contributed by atoms with Gasteiger partial charge in [0.2, 0.25) is 0 Å². The van der Waals surface area contributed by atoms with E-state index in [1.165, 1.54) is 17.2 Å². The van der Waals surface area contributed by atoms with E-state index in [1.807, 2.05) is 37.3 Å². The number of halogens is 1. The lowest BCUT2D eigenvalue weighted by Gasteiger charge is -2.46. The third-order valence-corrected chi connectivity index (χ3v) is 4.63. The first-order valence-corrected chi connectivity index (χ1v) is 8.33. The zero-order valence-electron chi connectivity index (χ0n) is 13.9. The van der Waals surface area contributed by atoms with E-state index in [0.29, 0.717) is 12.2 Å². The molecule has 0 radical (unpaired) electrons. The number of nitrogens with zero attached hydrogens (tertiary/aromatic N) is 2. The van der Waals surface area contributed by atoms with Gasteiger partial charge in [-0.2, -0.15) is 0 Å². The number of hydroxylamine groups is 2. The molecule has 2 aliphatic rings. The highest BCUT2D eigenvalue weighted by Gasteiger charge is 2.39. The Kier molecular flexibility index (Phi) is 4.11. The second kappa shape index (κ2) is 6.43. The molecule has 4 rings (SSSR count). The van der Waals surface area contributed by atoms with Crippen LogP contribution >= 0.6 is 0 Å². The molecule has 0 N–H and O–H groups in total. The maximum Gasteiger partial charge on any atom is 0.278 e. The molecule has 128 valence electrons. The summed E-state index contributed by atoms with van der Waals surface area (Å²) in [5, 5.41) is 1.42. The summed E-state index contributed by atoms with van der Waals surface area (Å²) in [4.78, 5) is 20.9. The minimum absolute atomic E-state index is 0.0211. The Morgan fingerprint density at radius 3 is 2.72 bits per heavy atom. The van der Waals surface area contributed by atoms with Gasteiger partial charge in [-0.05, 0) is 36.8 Å². The maximum atomic E-state index is 13.2. The molecule has 5 heteroatoms. The van der Waals surface area contributed by atoms with Gasteiger partial charge in [0.25, 0.3) is 5.91 Å². The first-order valence-electron chi connectivity index (χ1n) is 8.33. The molecular formula is C20H19FN2O2. The molecule has 2 aromatic rings. The van der Waals surface area contributed by atoms with Crippen LogP contribution in [0.15, 0.2) is 60.7 Å². The van der Waals surface area contributed by atoms with Crippen LogP contribution in [0, 0.1) is 12.7 Å². The number of amides is 1. The highest BCUT2D eigenvalue weighted by Crippen LogP contribution is 2.34. The lowest BCUT2D eigenvalue weighted by Crippen LogP contribution is -2.55. The Morgan fingerprint density at radius 1 is 1.20 bits per heavy atom. The van der Waals surface area contributed by atoms with Crippen molar-refractivity contribution in [2.75, 3.05) is 13.2 Å². The Labute approximate surface area is 146 Å².